The number of aromatic amines is 1. The maximum atomic E-state index is 8.80. The van der Waals surface area contributed by atoms with E-state index in [4.69, 9.17) is 15.1 Å². The number of imidazole rings is 1. The van der Waals surface area contributed by atoms with Crippen LogP contribution in [-0.4, -0.2) is 74.3 Å². The predicted octanol–water partition coefficient (Wildman–Crippen LogP) is 3.43. The number of nitrogens with zero attached hydrogens (tertiary/aromatic N) is 6. The van der Waals surface area contributed by atoms with E-state index >= 15 is 0 Å². The fraction of sp³-hybridized carbons (Fsp3) is 0.280. The lowest BCUT2D eigenvalue weighted by Gasteiger charge is -2.17. The van der Waals surface area contributed by atoms with E-state index in [1.165, 1.54) is 0 Å². The summed E-state index contributed by atoms with van der Waals surface area (Å²) >= 11 is 0. The zero-order chi connectivity index (χ0) is 24.2. The number of rotatable bonds is 10. The van der Waals surface area contributed by atoms with Crippen molar-refractivity contribution in [1.82, 2.24) is 29.0 Å². The van der Waals surface area contributed by atoms with Gasteiger partial charge in [-0.05, 0) is 38.7 Å². The lowest BCUT2D eigenvalue weighted by atomic mass is 9.98. The van der Waals surface area contributed by atoms with Gasteiger partial charge in [0, 0.05) is 56.1 Å². The van der Waals surface area contributed by atoms with E-state index in [9.17, 15) is 0 Å². The SMILES string of the molecule is CN(C)CCNc1nn2ccccc2c1/N=C1\C=C(OCCCn2ccnc2)c2[nH]ccc2C1=N. The number of aromatic nitrogens is 5. The summed E-state index contributed by atoms with van der Waals surface area (Å²) in [6.45, 7) is 2.96. The second-order valence-electron chi connectivity index (χ2n) is 8.61. The van der Waals surface area contributed by atoms with Gasteiger partial charge < -0.3 is 24.5 Å². The van der Waals surface area contributed by atoms with E-state index in [1.807, 2.05) is 72.1 Å². The molecular formula is C25H29N9O. The first-order chi connectivity index (χ1) is 17.1. The van der Waals surface area contributed by atoms with E-state index in [2.05, 4.69) is 25.3 Å². The molecule has 1 aliphatic rings. The van der Waals surface area contributed by atoms with Crippen molar-refractivity contribution in [3.8, 4) is 0 Å². The third kappa shape index (κ3) is 4.87. The Labute approximate surface area is 203 Å². The number of hydrogen-bond donors (Lipinski definition) is 3. The molecule has 0 spiro atoms. The van der Waals surface area contributed by atoms with Crippen molar-refractivity contribution in [2.45, 2.75) is 13.0 Å². The smallest absolute Gasteiger partial charge is 0.175 e. The fourth-order valence-corrected chi connectivity index (χ4v) is 3.97. The molecule has 4 heterocycles. The Kier molecular flexibility index (Phi) is 6.44. The highest BCUT2D eigenvalue weighted by Gasteiger charge is 2.25. The number of anilines is 1. The molecule has 10 nitrogen and oxygen atoms in total. The second kappa shape index (κ2) is 9.98. The molecule has 4 aromatic heterocycles. The summed E-state index contributed by atoms with van der Waals surface area (Å²) in [6, 6.07) is 7.77. The zero-order valence-corrected chi connectivity index (χ0v) is 19.9. The normalized spacial score (nSPS) is 14.5. The van der Waals surface area contributed by atoms with Crippen molar-refractivity contribution in [3.63, 3.8) is 0 Å². The molecule has 0 aliphatic heterocycles. The molecule has 0 fully saturated rings. The van der Waals surface area contributed by atoms with Gasteiger partial charge in [0.25, 0.3) is 0 Å². The van der Waals surface area contributed by atoms with Crippen LogP contribution in [-0.2, 0) is 11.3 Å². The van der Waals surface area contributed by atoms with Crippen LogP contribution in [0.3, 0.4) is 0 Å². The number of fused-ring (bicyclic) bond motifs is 2. The maximum absolute atomic E-state index is 8.80. The van der Waals surface area contributed by atoms with Crippen molar-refractivity contribution >= 4 is 34.2 Å². The first kappa shape index (κ1) is 22.6. The summed E-state index contributed by atoms with van der Waals surface area (Å²) in [6.07, 6.45) is 11.9. The van der Waals surface area contributed by atoms with Crippen molar-refractivity contribution in [2.24, 2.45) is 4.99 Å². The Morgan fingerprint density at radius 3 is 2.97 bits per heavy atom. The molecule has 0 bridgehead atoms. The third-order valence-corrected chi connectivity index (χ3v) is 5.76. The highest BCUT2D eigenvalue weighted by atomic mass is 16.5. The Hall–Kier alpha value is -4.18. The molecule has 4 aromatic rings. The van der Waals surface area contributed by atoms with Gasteiger partial charge in [-0.3, -0.25) is 5.41 Å². The maximum Gasteiger partial charge on any atom is 0.175 e. The number of likely N-dealkylation sites (N-methyl/N-ethyl adjacent to an activating group) is 1. The van der Waals surface area contributed by atoms with Crippen LogP contribution in [0.25, 0.3) is 11.3 Å². The average Bonchev–Trinajstić information content (AvgIpc) is 3.60. The second-order valence-corrected chi connectivity index (χ2v) is 8.61. The summed E-state index contributed by atoms with van der Waals surface area (Å²) in [7, 11) is 4.07. The Bertz CT molecular complexity index is 1380. The zero-order valence-electron chi connectivity index (χ0n) is 19.9. The highest BCUT2D eigenvalue weighted by molar-refractivity contribution is 6.54. The van der Waals surface area contributed by atoms with E-state index in [0.717, 1.165) is 42.8 Å². The molecule has 0 saturated heterocycles. The minimum Gasteiger partial charge on any atom is -0.491 e. The quantitative estimate of drug-likeness (QED) is 0.307. The molecule has 10 heteroatoms. The third-order valence-electron chi connectivity index (χ3n) is 5.76. The van der Waals surface area contributed by atoms with Gasteiger partial charge in [0.1, 0.15) is 11.4 Å². The largest absolute Gasteiger partial charge is 0.491 e. The molecule has 0 unspecified atom stereocenters. The van der Waals surface area contributed by atoms with E-state index < -0.39 is 0 Å². The van der Waals surface area contributed by atoms with Crippen molar-refractivity contribution in [3.05, 3.63) is 72.7 Å². The standard InChI is InChI=1S/C25H29N9O/c1-32(2)13-10-29-25-24(20-6-3-4-12-34(20)31-25)30-19-16-21(23-18(22(19)26)7-8-28-23)35-15-5-11-33-14-9-27-17-33/h3-4,6-9,12,14,16-17,26,28H,5,10-11,13,15H2,1-2H3,(H,29,31)/b26-22?,30-19+. The van der Waals surface area contributed by atoms with Crippen LogP contribution in [0.2, 0.25) is 0 Å². The van der Waals surface area contributed by atoms with Crippen molar-refractivity contribution in [2.75, 3.05) is 39.1 Å². The van der Waals surface area contributed by atoms with E-state index in [-0.39, 0.29) is 0 Å². The van der Waals surface area contributed by atoms with Gasteiger partial charge in [0.05, 0.1) is 35.6 Å². The Balaban J connectivity index is 1.43. The first-order valence-corrected chi connectivity index (χ1v) is 11.6. The number of nitrogens with one attached hydrogen (secondary N) is 3. The van der Waals surface area contributed by atoms with Crippen LogP contribution in [0.15, 0.2) is 66.4 Å². The molecule has 1 aliphatic carbocycles. The highest BCUT2D eigenvalue weighted by Crippen LogP contribution is 2.32. The van der Waals surface area contributed by atoms with Crippen LogP contribution in [0.4, 0.5) is 11.5 Å². The molecule has 0 amide bonds. The Morgan fingerprint density at radius 1 is 1.23 bits per heavy atom. The molecule has 0 atom stereocenters. The number of allylic oxidation sites excluding steroid dienone is 1. The molecule has 0 saturated carbocycles. The summed E-state index contributed by atoms with van der Waals surface area (Å²) in [4.78, 5) is 14.3. The molecule has 180 valence electrons. The van der Waals surface area contributed by atoms with Gasteiger partial charge in [0.15, 0.2) is 5.82 Å². The number of aliphatic imine (C=N–C) groups is 1. The lowest BCUT2D eigenvalue weighted by molar-refractivity contribution is 0.263. The molecule has 0 aromatic carbocycles. The summed E-state index contributed by atoms with van der Waals surface area (Å²) in [5.74, 6) is 1.37. The first-order valence-electron chi connectivity index (χ1n) is 11.6. The summed E-state index contributed by atoms with van der Waals surface area (Å²) < 4.78 is 9.98. The fourth-order valence-electron chi connectivity index (χ4n) is 3.97. The topological polar surface area (TPSA) is 112 Å². The average molecular weight is 472 g/mol. The minimum atomic E-state index is 0.349. The summed E-state index contributed by atoms with van der Waals surface area (Å²) in [5.41, 5.74) is 4.04. The molecule has 0 radical (unpaired) electrons. The van der Waals surface area contributed by atoms with Crippen LogP contribution in [0.5, 0.6) is 0 Å². The van der Waals surface area contributed by atoms with Crippen LogP contribution in [0, 0.1) is 5.41 Å². The minimum absolute atomic E-state index is 0.349. The summed E-state index contributed by atoms with van der Waals surface area (Å²) in [5, 5.41) is 16.9. The van der Waals surface area contributed by atoms with Gasteiger partial charge in [-0.1, -0.05) is 6.07 Å². The number of pyridine rings is 1. The van der Waals surface area contributed by atoms with Crippen LogP contribution < -0.4 is 5.32 Å². The molecule has 5 rings (SSSR count). The molecule has 35 heavy (non-hydrogen) atoms. The van der Waals surface area contributed by atoms with Gasteiger partial charge in [0.2, 0.25) is 0 Å². The number of hydrogen-bond acceptors (Lipinski definition) is 7. The van der Waals surface area contributed by atoms with Gasteiger partial charge in [-0.25, -0.2) is 14.5 Å². The monoisotopic (exact) mass is 471 g/mol. The predicted molar refractivity (Wildman–Crippen MR) is 138 cm³/mol. The van der Waals surface area contributed by atoms with E-state index in [1.54, 1.807) is 12.5 Å². The van der Waals surface area contributed by atoms with Crippen LogP contribution >= 0.6 is 0 Å². The van der Waals surface area contributed by atoms with Crippen molar-refractivity contribution < 1.29 is 4.74 Å². The number of H-pyrrole nitrogens is 1. The number of aryl methyl sites for hydroxylation is 1. The van der Waals surface area contributed by atoms with Crippen LogP contribution in [0.1, 0.15) is 17.7 Å². The van der Waals surface area contributed by atoms with Crippen molar-refractivity contribution in [1.29, 1.82) is 5.41 Å². The molecular weight excluding hydrogens is 442 g/mol. The van der Waals surface area contributed by atoms with E-state index in [0.29, 0.717) is 35.3 Å². The Morgan fingerprint density at radius 2 is 2.14 bits per heavy atom. The van der Waals surface area contributed by atoms with Gasteiger partial charge in [-0.15, -0.1) is 5.10 Å². The van der Waals surface area contributed by atoms with Gasteiger partial charge in [-0.2, -0.15) is 0 Å². The number of ether oxygens (including phenoxy) is 1. The lowest BCUT2D eigenvalue weighted by Crippen LogP contribution is -2.21. The van der Waals surface area contributed by atoms with Gasteiger partial charge >= 0.3 is 0 Å². The molecule has 3 N–H and O–H groups in total.